The summed E-state index contributed by atoms with van der Waals surface area (Å²) in [6.07, 6.45) is 1.77. The Labute approximate surface area is 122 Å². The van der Waals surface area contributed by atoms with Crippen LogP contribution in [0.1, 0.15) is 15.9 Å². The zero-order valence-corrected chi connectivity index (χ0v) is 11.5. The normalized spacial score (nSPS) is 10.5. The largest absolute Gasteiger partial charge is 0.478 e. The minimum Gasteiger partial charge on any atom is -0.478 e. The number of aromatic nitrogens is 1. The highest BCUT2D eigenvalue weighted by Crippen LogP contribution is 2.23. The SMILES string of the molecule is Cc1cc(Nc2ccc3ncccc3c2)ccc1C(=O)O. The second kappa shape index (κ2) is 5.25. The second-order valence-corrected chi connectivity index (χ2v) is 4.87. The van der Waals surface area contributed by atoms with Crippen molar-refractivity contribution in [1.82, 2.24) is 4.98 Å². The van der Waals surface area contributed by atoms with Crippen molar-refractivity contribution in [1.29, 1.82) is 0 Å². The van der Waals surface area contributed by atoms with Crippen LogP contribution < -0.4 is 5.32 Å². The Morgan fingerprint density at radius 2 is 1.86 bits per heavy atom. The molecule has 0 bridgehead atoms. The van der Waals surface area contributed by atoms with Gasteiger partial charge in [-0.15, -0.1) is 0 Å². The lowest BCUT2D eigenvalue weighted by molar-refractivity contribution is 0.0696. The number of benzene rings is 2. The lowest BCUT2D eigenvalue weighted by Gasteiger charge is -2.09. The Bertz CT molecular complexity index is 828. The van der Waals surface area contributed by atoms with Gasteiger partial charge < -0.3 is 10.4 Å². The van der Waals surface area contributed by atoms with Gasteiger partial charge in [-0.3, -0.25) is 4.98 Å². The van der Waals surface area contributed by atoms with Crippen LogP contribution in [0, 0.1) is 6.92 Å². The number of hydrogen-bond donors (Lipinski definition) is 2. The summed E-state index contributed by atoms with van der Waals surface area (Å²) in [6, 6.07) is 15.0. The molecule has 0 aliphatic rings. The molecule has 104 valence electrons. The van der Waals surface area contributed by atoms with Gasteiger partial charge >= 0.3 is 5.97 Å². The van der Waals surface area contributed by atoms with Crippen molar-refractivity contribution in [2.75, 3.05) is 5.32 Å². The van der Waals surface area contributed by atoms with Crippen molar-refractivity contribution in [3.63, 3.8) is 0 Å². The van der Waals surface area contributed by atoms with Crippen LogP contribution in [0.5, 0.6) is 0 Å². The molecule has 0 unspecified atom stereocenters. The minimum atomic E-state index is -0.907. The molecular formula is C17H14N2O2. The Hall–Kier alpha value is -2.88. The molecule has 1 aromatic heterocycles. The number of pyridine rings is 1. The van der Waals surface area contributed by atoms with Crippen LogP contribution >= 0.6 is 0 Å². The second-order valence-electron chi connectivity index (χ2n) is 4.87. The number of hydrogen-bond acceptors (Lipinski definition) is 3. The average Bonchev–Trinajstić information content (AvgIpc) is 2.47. The molecule has 0 aliphatic heterocycles. The van der Waals surface area contributed by atoms with E-state index in [-0.39, 0.29) is 0 Å². The van der Waals surface area contributed by atoms with Crippen LogP contribution in [0.2, 0.25) is 0 Å². The lowest BCUT2D eigenvalue weighted by atomic mass is 10.1. The first-order valence-corrected chi connectivity index (χ1v) is 6.59. The number of aromatic carboxylic acids is 1. The molecule has 3 rings (SSSR count). The van der Waals surface area contributed by atoms with E-state index in [0.717, 1.165) is 27.8 Å². The molecule has 0 spiro atoms. The number of nitrogens with one attached hydrogen (secondary N) is 1. The van der Waals surface area contributed by atoms with Crippen LogP contribution in [0.4, 0.5) is 11.4 Å². The maximum atomic E-state index is 11.0. The fourth-order valence-corrected chi connectivity index (χ4v) is 2.30. The molecule has 0 aliphatic carbocycles. The standard InChI is InChI=1S/C17H14N2O2/c1-11-9-13(4-6-15(11)17(20)21)19-14-5-7-16-12(10-14)3-2-8-18-16/h2-10,19H,1H3,(H,20,21). The fraction of sp³-hybridized carbons (Fsp3) is 0.0588. The van der Waals surface area contributed by atoms with Crippen molar-refractivity contribution in [2.45, 2.75) is 6.92 Å². The summed E-state index contributed by atoms with van der Waals surface area (Å²) in [4.78, 5) is 15.3. The maximum absolute atomic E-state index is 11.0. The van der Waals surface area contributed by atoms with Gasteiger partial charge in [-0.25, -0.2) is 4.79 Å². The van der Waals surface area contributed by atoms with Gasteiger partial charge in [-0.2, -0.15) is 0 Å². The Morgan fingerprint density at radius 1 is 1.10 bits per heavy atom. The van der Waals surface area contributed by atoms with E-state index in [4.69, 9.17) is 5.11 Å². The highest BCUT2D eigenvalue weighted by Gasteiger charge is 2.07. The molecule has 3 aromatic rings. The molecule has 2 N–H and O–H groups in total. The summed E-state index contributed by atoms with van der Waals surface area (Å²) >= 11 is 0. The number of aryl methyl sites for hydroxylation is 1. The highest BCUT2D eigenvalue weighted by atomic mass is 16.4. The molecule has 0 amide bonds. The number of carboxylic acid groups (broad SMARTS) is 1. The summed E-state index contributed by atoms with van der Waals surface area (Å²) < 4.78 is 0. The van der Waals surface area contributed by atoms with Crippen molar-refractivity contribution >= 4 is 28.2 Å². The molecule has 21 heavy (non-hydrogen) atoms. The van der Waals surface area contributed by atoms with Gasteiger partial charge in [0.05, 0.1) is 11.1 Å². The number of fused-ring (bicyclic) bond motifs is 1. The fourth-order valence-electron chi connectivity index (χ4n) is 2.30. The Kier molecular flexibility index (Phi) is 3.28. The Balaban J connectivity index is 1.91. The van der Waals surface area contributed by atoms with E-state index >= 15 is 0 Å². The highest BCUT2D eigenvalue weighted by molar-refractivity contribution is 5.90. The van der Waals surface area contributed by atoms with Crippen LogP contribution in [-0.2, 0) is 0 Å². The predicted octanol–water partition coefficient (Wildman–Crippen LogP) is 3.99. The zero-order chi connectivity index (χ0) is 14.8. The number of nitrogens with zero attached hydrogens (tertiary/aromatic N) is 1. The summed E-state index contributed by atoms with van der Waals surface area (Å²) in [5.74, 6) is -0.907. The van der Waals surface area contributed by atoms with Gasteiger partial charge in [0.25, 0.3) is 0 Å². The minimum absolute atomic E-state index is 0.322. The molecule has 4 heteroatoms. The lowest BCUT2D eigenvalue weighted by Crippen LogP contribution is -2.00. The average molecular weight is 278 g/mol. The number of rotatable bonds is 3. The summed E-state index contributed by atoms with van der Waals surface area (Å²) in [5.41, 5.74) is 3.80. The number of carboxylic acids is 1. The molecule has 0 saturated heterocycles. The maximum Gasteiger partial charge on any atom is 0.335 e. The quantitative estimate of drug-likeness (QED) is 0.760. The molecule has 4 nitrogen and oxygen atoms in total. The third kappa shape index (κ3) is 2.69. The van der Waals surface area contributed by atoms with Gasteiger partial charge in [0.15, 0.2) is 0 Å². The van der Waals surface area contributed by atoms with E-state index in [2.05, 4.69) is 10.3 Å². The summed E-state index contributed by atoms with van der Waals surface area (Å²) in [5, 5.41) is 13.4. The molecule has 1 heterocycles. The number of anilines is 2. The zero-order valence-electron chi connectivity index (χ0n) is 11.5. The van der Waals surface area contributed by atoms with E-state index in [1.165, 1.54) is 0 Å². The van der Waals surface area contributed by atoms with E-state index in [1.54, 1.807) is 25.3 Å². The monoisotopic (exact) mass is 278 g/mol. The van der Waals surface area contributed by atoms with Gasteiger partial charge in [0.2, 0.25) is 0 Å². The summed E-state index contributed by atoms with van der Waals surface area (Å²) in [6.45, 7) is 1.79. The van der Waals surface area contributed by atoms with E-state index in [0.29, 0.717) is 5.56 Å². The molecule has 0 fully saturated rings. The number of carbonyl (C=O) groups is 1. The molecule has 0 atom stereocenters. The van der Waals surface area contributed by atoms with Gasteiger partial charge in [0.1, 0.15) is 0 Å². The van der Waals surface area contributed by atoms with E-state index < -0.39 is 5.97 Å². The third-order valence-corrected chi connectivity index (χ3v) is 3.35. The molecule has 0 saturated carbocycles. The topological polar surface area (TPSA) is 62.2 Å². The molecule has 0 radical (unpaired) electrons. The molecule has 2 aromatic carbocycles. The smallest absolute Gasteiger partial charge is 0.335 e. The van der Waals surface area contributed by atoms with Crippen LogP contribution in [0.25, 0.3) is 10.9 Å². The summed E-state index contributed by atoms with van der Waals surface area (Å²) in [7, 11) is 0. The van der Waals surface area contributed by atoms with Crippen molar-refractivity contribution in [3.05, 3.63) is 65.9 Å². The van der Waals surface area contributed by atoms with Crippen molar-refractivity contribution in [3.8, 4) is 0 Å². The van der Waals surface area contributed by atoms with Crippen LogP contribution in [0.15, 0.2) is 54.7 Å². The first-order chi connectivity index (χ1) is 10.1. The Morgan fingerprint density at radius 3 is 2.62 bits per heavy atom. The van der Waals surface area contributed by atoms with Gasteiger partial charge in [-0.1, -0.05) is 6.07 Å². The van der Waals surface area contributed by atoms with Gasteiger partial charge in [0, 0.05) is 23.0 Å². The van der Waals surface area contributed by atoms with Crippen molar-refractivity contribution < 1.29 is 9.90 Å². The molecular weight excluding hydrogens is 264 g/mol. The third-order valence-electron chi connectivity index (χ3n) is 3.35. The van der Waals surface area contributed by atoms with Gasteiger partial charge in [-0.05, 0) is 55.0 Å². The van der Waals surface area contributed by atoms with E-state index in [9.17, 15) is 4.79 Å². The first-order valence-electron chi connectivity index (χ1n) is 6.59. The van der Waals surface area contributed by atoms with Crippen LogP contribution in [0.3, 0.4) is 0 Å². The first kappa shape index (κ1) is 13.1. The van der Waals surface area contributed by atoms with Crippen LogP contribution in [-0.4, -0.2) is 16.1 Å². The van der Waals surface area contributed by atoms with Crippen molar-refractivity contribution in [2.24, 2.45) is 0 Å². The predicted molar refractivity (Wildman–Crippen MR) is 83.2 cm³/mol. The van der Waals surface area contributed by atoms with E-state index in [1.807, 2.05) is 36.4 Å².